The van der Waals surface area contributed by atoms with Gasteiger partial charge in [0.15, 0.2) is 0 Å². The van der Waals surface area contributed by atoms with Gasteiger partial charge in [-0.2, -0.15) is 0 Å². The fraction of sp³-hybridized carbons (Fsp3) is 0.562. The molecule has 0 N–H and O–H groups in total. The van der Waals surface area contributed by atoms with Gasteiger partial charge in [-0.1, -0.05) is 26.8 Å². The molecule has 1 aromatic rings. The highest BCUT2D eigenvalue weighted by molar-refractivity contribution is 9.10. The van der Waals surface area contributed by atoms with Crippen molar-refractivity contribution in [1.82, 2.24) is 4.90 Å². The summed E-state index contributed by atoms with van der Waals surface area (Å²) >= 11 is 3.50. The van der Waals surface area contributed by atoms with Crippen molar-refractivity contribution in [3.63, 3.8) is 0 Å². The van der Waals surface area contributed by atoms with Crippen LogP contribution in [-0.4, -0.2) is 23.9 Å². The summed E-state index contributed by atoms with van der Waals surface area (Å²) in [5, 5.41) is 0. The maximum Gasteiger partial charge on any atom is 0.255 e. The smallest absolute Gasteiger partial charge is 0.255 e. The number of amides is 1. The molecule has 0 spiro atoms. The molecule has 1 fully saturated rings. The number of nitrogens with zero attached hydrogens (tertiary/aromatic N) is 1. The van der Waals surface area contributed by atoms with E-state index < -0.39 is 0 Å². The Morgan fingerprint density at radius 3 is 2.58 bits per heavy atom. The van der Waals surface area contributed by atoms with Crippen molar-refractivity contribution in [2.75, 3.05) is 13.1 Å². The molecule has 1 amide bonds. The Morgan fingerprint density at radius 2 is 2.05 bits per heavy atom. The number of aryl methyl sites for hydroxylation is 1. The minimum absolute atomic E-state index is 0.152. The van der Waals surface area contributed by atoms with Gasteiger partial charge in [-0.25, -0.2) is 0 Å². The SMILES string of the molecule is Cc1ccc(C(=O)N2CCC(C(C)(C)C)C2)c(Br)c1. The fourth-order valence-electron chi connectivity index (χ4n) is 2.62. The molecular weight excluding hydrogens is 302 g/mol. The first-order valence-electron chi connectivity index (χ1n) is 6.84. The van der Waals surface area contributed by atoms with E-state index in [1.54, 1.807) is 0 Å². The summed E-state index contributed by atoms with van der Waals surface area (Å²) in [7, 11) is 0. The van der Waals surface area contributed by atoms with Crippen LogP contribution in [0.15, 0.2) is 22.7 Å². The summed E-state index contributed by atoms with van der Waals surface area (Å²) in [6, 6.07) is 5.92. The lowest BCUT2D eigenvalue weighted by molar-refractivity contribution is 0.0775. The van der Waals surface area contributed by atoms with Gasteiger partial charge in [0.1, 0.15) is 0 Å². The minimum Gasteiger partial charge on any atom is -0.338 e. The first-order valence-corrected chi connectivity index (χ1v) is 7.64. The van der Waals surface area contributed by atoms with Crippen LogP contribution < -0.4 is 0 Å². The van der Waals surface area contributed by atoms with Gasteiger partial charge in [-0.05, 0) is 58.3 Å². The number of hydrogen-bond acceptors (Lipinski definition) is 1. The predicted octanol–water partition coefficient (Wildman–Crippen LogP) is 4.27. The Morgan fingerprint density at radius 1 is 1.37 bits per heavy atom. The normalized spacial score (nSPS) is 19.8. The van der Waals surface area contributed by atoms with E-state index in [2.05, 4.69) is 36.7 Å². The van der Waals surface area contributed by atoms with E-state index in [1.807, 2.05) is 30.0 Å². The van der Waals surface area contributed by atoms with Gasteiger partial charge < -0.3 is 4.90 Å². The molecule has 104 valence electrons. The number of hydrogen-bond donors (Lipinski definition) is 0. The van der Waals surface area contributed by atoms with Crippen LogP contribution in [0.4, 0.5) is 0 Å². The molecule has 1 unspecified atom stereocenters. The molecule has 1 saturated heterocycles. The monoisotopic (exact) mass is 323 g/mol. The van der Waals surface area contributed by atoms with E-state index in [-0.39, 0.29) is 11.3 Å². The van der Waals surface area contributed by atoms with Crippen LogP contribution in [0.5, 0.6) is 0 Å². The summed E-state index contributed by atoms with van der Waals surface area (Å²) < 4.78 is 0.900. The third kappa shape index (κ3) is 3.19. The van der Waals surface area contributed by atoms with Crippen LogP contribution in [-0.2, 0) is 0 Å². The summed E-state index contributed by atoms with van der Waals surface area (Å²) in [5.74, 6) is 0.749. The number of halogens is 1. The largest absolute Gasteiger partial charge is 0.338 e. The van der Waals surface area contributed by atoms with Crippen LogP contribution in [0.2, 0.25) is 0 Å². The molecule has 1 aliphatic rings. The topological polar surface area (TPSA) is 20.3 Å². The van der Waals surface area contributed by atoms with Crippen molar-refractivity contribution in [2.45, 2.75) is 34.1 Å². The molecule has 1 atom stereocenters. The van der Waals surface area contributed by atoms with Gasteiger partial charge in [-0.3, -0.25) is 4.79 Å². The summed E-state index contributed by atoms with van der Waals surface area (Å²) in [6.07, 6.45) is 1.11. The van der Waals surface area contributed by atoms with E-state index in [9.17, 15) is 4.79 Å². The van der Waals surface area contributed by atoms with Gasteiger partial charge >= 0.3 is 0 Å². The van der Waals surface area contributed by atoms with Crippen molar-refractivity contribution in [1.29, 1.82) is 0 Å². The highest BCUT2D eigenvalue weighted by Crippen LogP contribution is 2.34. The molecule has 1 aliphatic heterocycles. The third-order valence-electron chi connectivity index (χ3n) is 4.06. The Bertz CT molecular complexity index is 490. The summed E-state index contributed by atoms with van der Waals surface area (Å²) in [4.78, 5) is 14.5. The highest BCUT2D eigenvalue weighted by atomic mass is 79.9. The van der Waals surface area contributed by atoms with E-state index in [4.69, 9.17) is 0 Å². The molecule has 1 heterocycles. The number of carbonyl (C=O) groups excluding carboxylic acids is 1. The van der Waals surface area contributed by atoms with Gasteiger partial charge in [0.25, 0.3) is 5.91 Å². The molecule has 2 nitrogen and oxygen atoms in total. The zero-order valence-electron chi connectivity index (χ0n) is 12.2. The van der Waals surface area contributed by atoms with Crippen molar-refractivity contribution in [3.05, 3.63) is 33.8 Å². The second-order valence-corrected chi connectivity index (χ2v) is 7.44. The minimum atomic E-state index is 0.152. The maximum absolute atomic E-state index is 12.5. The van der Waals surface area contributed by atoms with Crippen molar-refractivity contribution >= 4 is 21.8 Å². The van der Waals surface area contributed by atoms with Crippen LogP contribution in [0.3, 0.4) is 0 Å². The van der Waals surface area contributed by atoms with E-state index in [0.717, 1.165) is 35.1 Å². The third-order valence-corrected chi connectivity index (χ3v) is 4.71. The number of benzene rings is 1. The number of rotatable bonds is 1. The molecule has 1 aromatic carbocycles. The Labute approximate surface area is 124 Å². The fourth-order valence-corrected chi connectivity index (χ4v) is 3.28. The Hall–Kier alpha value is -0.830. The van der Waals surface area contributed by atoms with E-state index in [0.29, 0.717) is 5.92 Å². The van der Waals surface area contributed by atoms with Gasteiger partial charge in [0.2, 0.25) is 0 Å². The Balaban J connectivity index is 2.14. The van der Waals surface area contributed by atoms with E-state index >= 15 is 0 Å². The molecule has 0 aromatic heterocycles. The molecular formula is C16H22BrNO. The van der Waals surface area contributed by atoms with Crippen LogP contribution in [0.1, 0.15) is 43.1 Å². The summed E-state index contributed by atoms with van der Waals surface area (Å²) in [5.41, 5.74) is 2.22. The van der Waals surface area contributed by atoms with Crippen LogP contribution >= 0.6 is 15.9 Å². The number of carbonyl (C=O) groups is 1. The summed E-state index contributed by atoms with van der Waals surface area (Å²) in [6.45, 7) is 10.6. The first kappa shape index (κ1) is 14.6. The van der Waals surface area contributed by atoms with Crippen LogP contribution in [0, 0.1) is 18.3 Å². The van der Waals surface area contributed by atoms with E-state index in [1.165, 1.54) is 0 Å². The van der Waals surface area contributed by atoms with Crippen molar-refractivity contribution in [2.24, 2.45) is 11.3 Å². The lowest BCUT2D eigenvalue weighted by atomic mass is 9.80. The van der Waals surface area contributed by atoms with Crippen molar-refractivity contribution < 1.29 is 4.79 Å². The second kappa shape index (κ2) is 5.28. The molecule has 3 heteroatoms. The highest BCUT2D eigenvalue weighted by Gasteiger charge is 2.34. The number of likely N-dealkylation sites (tertiary alicyclic amines) is 1. The predicted molar refractivity (Wildman–Crippen MR) is 82.3 cm³/mol. The van der Waals surface area contributed by atoms with Gasteiger partial charge in [0, 0.05) is 17.6 Å². The molecule has 0 saturated carbocycles. The molecule has 19 heavy (non-hydrogen) atoms. The second-order valence-electron chi connectivity index (χ2n) is 6.59. The standard InChI is InChI=1S/C16H22BrNO/c1-11-5-6-13(14(17)9-11)15(19)18-8-7-12(10-18)16(2,3)4/h5-6,9,12H,7-8,10H2,1-4H3. The zero-order chi connectivity index (χ0) is 14.2. The quantitative estimate of drug-likeness (QED) is 0.756. The zero-order valence-corrected chi connectivity index (χ0v) is 13.8. The average molecular weight is 324 g/mol. The molecule has 0 aliphatic carbocycles. The lowest BCUT2D eigenvalue weighted by Crippen LogP contribution is -2.31. The Kier molecular flexibility index (Phi) is 4.05. The van der Waals surface area contributed by atoms with Crippen molar-refractivity contribution in [3.8, 4) is 0 Å². The van der Waals surface area contributed by atoms with Gasteiger partial charge in [-0.15, -0.1) is 0 Å². The molecule has 2 rings (SSSR count). The van der Waals surface area contributed by atoms with Crippen LogP contribution in [0.25, 0.3) is 0 Å². The molecule has 0 radical (unpaired) electrons. The first-order chi connectivity index (χ1) is 8.79. The average Bonchev–Trinajstić information content (AvgIpc) is 2.76. The maximum atomic E-state index is 12.5. The lowest BCUT2D eigenvalue weighted by Gasteiger charge is -2.27. The molecule has 0 bridgehead atoms. The van der Waals surface area contributed by atoms with Gasteiger partial charge in [0.05, 0.1) is 5.56 Å².